The van der Waals surface area contributed by atoms with Crippen LogP contribution in [-0.4, -0.2) is 41.9 Å². The van der Waals surface area contributed by atoms with E-state index < -0.39 is 0 Å². The van der Waals surface area contributed by atoms with Crippen molar-refractivity contribution >= 4 is 22.8 Å². The van der Waals surface area contributed by atoms with Crippen molar-refractivity contribution in [2.24, 2.45) is 4.99 Å². The van der Waals surface area contributed by atoms with Gasteiger partial charge in [-0.25, -0.2) is 0 Å². The van der Waals surface area contributed by atoms with Crippen molar-refractivity contribution in [3.63, 3.8) is 0 Å². The topological polar surface area (TPSA) is 64.6 Å². The molecule has 3 aliphatic rings. The normalized spacial score (nSPS) is 14.9. The lowest BCUT2D eigenvalue weighted by Crippen LogP contribution is -2.30. The molecule has 0 spiro atoms. The van der Waals surface area contributed by atoms with E-state index in [9.17, 15) is 4.79 Å². The van der Waals surface area contributed by atoms with Crippen LogP contribution < -0.4 is 15.4 Å². The largest absolute Gasteiger partial charge is 0.370 e. The Morgan fingerprint density at radius 2 is 1.65 bits per heavy atom. The Morgan fingerprint density at radius 1 is 0.912 bits per heavy atom. The molecule has 5 rings (SSSR count). The number of aromatic nitrogens is 2. The summed E-state index contributed by atoms with van der Waals surface area (Å²) in [5, 5.41) is 0. The quantitative estimate of drug-likeness (QED) is 0.442. The summed E-state index contributed by atoms with van der Waals surface area (Å²) in [5.74, 6) is 0. The summed E-state index contributed by atoms with van der Waals surface area (Å²) in [6.07, 6.45) is 4.79. The maximum Gasteiger partial charge on any atom is 0.258 e. The van der Waals surface area contributed by atoms with E-state index in [2.05, 4.69) is 57.0 Å². The van der Waals surface area contributed by atoms with Crippen LogP contribution in [0.3, 0.4) is 0 Å². The zero-order valence-electron chi connectivity index (χ0n) is 19.7. The van der Waals surface area contributed by atoms with Crippen molar-refractivity contribution in [2.75, 3.05) is 36.0 Å². The van der Waals surface area contributed by atoms with E-state index >= 15 is 0 Å². The molecule has 34 heavy (non-hydrogen) atoms. The smallest absolute Gasteiger partial charge is 0.258 e. The van der Waals surface area contributed by atoms with E-state index in [1.54, 1.807) is 0 Å². The van der Waals surface area contributed by atoms with E-state index in [1.807, 2.05) is 49.6 Å². The van der Waals surface area contributed by atoms with Crippen molar-refractivity contribution in [1.82, 2.24) is 9.97 Å². The average Bonchev–Trinajstić information content (AvgIpc) is 3.04. The number of hydrogen-bond donors (Lipinski definition) is 1. The molecule has 2 aliphatic heterocycles. The number of benzene rings is 1. The third-order valence-corrected chi connectivity index (χ3v) is 6.51. The number of aromatic amines is 1. The molecule has 1 aliphatic carbocycles. The van der Waals surface area contributed by atoms with Crippen LogP contribution in [0, 0.1) is 6.92 Å². The monoisotopic (exact) mass is 451 g/mol. The molecular formula is C28H29N5O. The van der Waals surface area contributed by atoms with Crippen LogP contribution >= 0.6 is 0 Å². The fourth-order valence-electron chi connectivity index (χ4n) is 4.68. The molecule has 0 bridgehead atoms. The zero-order chi connectivity index (χ0) is 23.5. The molecule has 1 aromatic heterocycles. The van der Waals surface area contributed by atoms with Gasteiger partial charge >= 0.3 is 0 Å². The number of fused-ring (bicyclic) bond motifs is 1. The van der Waals surface area contributed by atoms with Gasteiger partial charge in [0.05, 0.1) is 17.0 Å². The first-order valence-electron chi connectivity index (χ1n) is 11.8. The second kappa shape index (κ2) is 9.51. The number of aliphatic imine (C=N–C) groups is 1. The lowest BCUT2D eigenvalue weighted by Gasteiger charge is -2.25. The van der Waals surface area contributed by atoms with Gasteiger partial charge in [-0.05, 0) is 56.2 Å². The number of aryl methyl sites for hydroxylation is 1. The summed E-state index contributed by atoms with van der Waals surface area (Å²) in [4.78, 5) is 29.6. The summed E-state index contributed by atoms with van der Waals surface area (Å²) < 4.78 is 0. The number of H-pyrrole nitrogens is 1. The highest BCUT2D eigenvalue weighted by Crippen LogP contribution is 2.29. The summed E-state index contributed by atoms with van der Waals surface area (Å²) in [5.41, 5.74) is 7.38. The lowest BCUT2D eigenvalue weighted by molar-refractivity contribution is 0.806. The van der Waals surface area contributed by atoms with E-state index in [4.69, 9.17) is 4.99 Å². The van der Waals surface area contributed by atoms with Crippen LogP contribution in [0.5, 0.6) is 0 Å². The Hall–Kier alpha value is -3.93. The summed E-state index contributed by atoms with van der Waals surface area (Å²) >= 11 is 0. The highest BCUT2D eigenvalue weighted by Gasteiger charge is 2.18. The van der Waals surface area contributed by atoms with Gasteiger partial charge in [-0.2, -0.15) is 0 Å². The van der Waals surface area contributed by atoms with Gasteiger partial charge in [0.2, 0.25) is 0 Å². The van der Waals surface area contributed by atoms with Crippen LogP contribution in [0.15, 0.2) is 82.8 Å². The predicted molar refractivity (Wildman–Crippen MR) is 140 cm³/mol. The number of pyridine rings is 1. The molecule has 1 saturated heterocycles. The zero-order valence-corrected chi connectivity index (χ0v) is 19.7. The molecule has 0 unspecified atom stereocenters. The predicted octanol–water partition coefficient (Wildman–Crippen LogP) is 5.04. The van der Waals surface area contributed by atoms with E-state index in [1.165, 1.54) is 11.4 Å². The number of nitrogens with one attached hydrogen (secondary N) is 1. The third-order valence-electron chi connectivity index (χ3n) is 6.51. The van der Waals surface area contributed by atoms with Crippen molar-refractivity contribution in [3.8, 4) is 11.3 Å². The second-order valence-corrected chi connectivity index (χ2v) is 8.77. The van der Waals surface area contributed by atoms with Gasteiger partial charge in [0.15, 0.2) is 0 Å². The van der Waals surface area contributed by atoms with Crippen LogP contribution in [0.4, 0.5) is 17.1 Å². The number of anilines is 2. The van der Waals surface area contributed by atoms with Crippen molar-refractivity contribution in [3.05, 3.63) is 94.5 Å². The first-order chi connectivity index (χ1) is 16.6. The SMILES string of the molecule is C/C(=N\c1cc(N2CCCN(c3ccncc3)CC2)ccc1C)c1c2cccccc-2[nH]c1=O. The van der Waals surface area contributed by atoms with Crippen LogP contribution in [-0.2, 0) is 0 Å². The van der Waals surface area contributed by atoms with Gasteiger partial charge in [-0.15, -0.1) is 0 Å². The molecule has 172 valence electrons. The minimum Gasteiger partial charge on any atom is -0.370 e. The first kappa shape index (κ1) is 21.9. The van der Waals surface area contributed by atoms with Gasteiger partial charge in [-0.3, -0.25) is 14.8 Å². The third kappa shape index (κ3) is 4.44. The Kier molecular flexibility index (Phi) is 6.12. The van der Waals surface area contributed by atoms with Crippen LogP contribution in [0.1, 0.15) is 24.5 Å². The average molecular weight is 452 g/mol. The molecule has 0 saturated carbocycles. The molecular weight excluding hydrogens is 422 g/mol. The minimum atomic E-state index is -0.0972. The van der Waals surface area contributed by atoms with Crippen molar-refractivity contribution in [1.29, 1.82) is 0 Å². The van der Waals surface area contributed by atoms with E-state index in [0.717, 1.165) is 60.8 Å². The van der Waals surface area contributed by atoms with Gasteiger partial charge in [0.1, 0.15) is 0 Å². The highest BCUT2D eigenvalue weighted by molar-refractivity contribution is 6.05. The minimum absolute atomic E-state index is 0.0972. The molecule has 0 atom stereocenters. The molecule has 6 nitrogen and oxygen atoms in total. The fourth-order valence-corrected chi connectivity index (χ4v) is 4.68. The number of nitrogens with zero attached hydrogens (tertiary/aromatic N) is 4. The summed E-state index contributed by atoms with van der Waals surface area (Å²) in [6.45, 7) is 7.91. The second-order valence-electron chi connectivity index (χ2n) is 8.77. The molecule has 1 fully saturated rings. The number of hydrogen-bond acceptors (Lipinski definition) is 5. The molecule has 0 amide bonds. The Labute approximate surface area is 200 Å². The van der Waals surface area contributed by atoms with Crippen molar-refractivity contribution < 1.29 is 0 Å². The van der Waals surface area contributed by atoms with Crippen LogP contribution in [0.2, 0.25) is 0 Å². The Morgan fingerprint density at radius 3 is 2.44 bits per heavy atom. The molecule has 6 heteroatoms. The standard InChI is InChI=1S/C28H29N5O/c1-20-9-10-23(33-16-6-15-32(17-18-33)22-11-13-29-14-12-22)19-26(20)30-21(2)27-24-7-4-3-5-8-25(24)31-28(27)34/h3-5,7-14,19H,6,15-18H2,1-2H3,(H,31,34)/b30-21+. The number of rotatable bonds is 4. The summed E-state index contributed by atoms with van der Waals surface area (Å²) in [7, 11) is 0. The van der Waals surface area contributed by atoms with Gasteiger partial charge in [0.25, 0.3) is 5.56 Å². The van der Waals surface area contributed by atoms with E-state index in [-0.39, 0.29) is 5.56 Å². The Bertz CT molecular complexity index is 1340. The molecule has 2 aromatic rings. The molecule has 0 radical (unpaired) electrons. The maximum absolute atomic E-state index is 12.7. The van der Waals surface area contributed by atoms with Crippen LogP contribution in [0.25, 0.3) is 11.3 Å². The maximum atomic E-state index is 12.7. The van der Waals surface area contributed by atoms with Gasteiger partial charge in [-0.1, -0.05) is 30.3 Å². The summed E-state index contributed by atoms with van der Waals surface area (Å²) in [6, 6.07) is 20.3. The molecule has 1 N–H and O–H groups in total. The highest BCUT2D eigenvalue weighted by atomic mass is 16.1. The lowest BCUT2D eigenvalue weighted by atomic mass is 10.1. The first-order valence-corrected chi connectivity index (χ1v) is 11.8. The van der Waals surface area contributed by atoms with Gasteiger partial charge in [0, 0.05) is 61.2 Å². The molecule has 1 aromatic carbocycles. The molecule has 3 heterocycles. The van der Waals surface area contributed by atoms with E-state index in [0.29, 0.717) is 5.56 Å². The Balaban J connectivity index is 1.41. The van der Waals surface area contributed by atoms with Gasteiger partial charge < -0.3 is 14.8 Å². The fraction of sp³-hybridized carbons (Fsp3) is 0.250. The van der Waals surface area contributed by atoms with Crippen molar-refractivity contribution in [2.45, 2.75) is 20.3 Å².